The first-order valence-electron chi connectivity index (χ1n) is 5.72. The molecule has 0 aliphatic heterocycles. The molecular formula is C14H17N3. The molecule has 0 amide bonds. The zero-order valence-corrected chi connectivity index (χ0v) is 10.7. The average Bonchev–Trinajstić information content (AvgIpc) is 2.28. The number of benzene rings is 1. The Labute approximate surface area is 102 Å². The first kappa shape index (κ1) is 11.6. The van der Waals surface area contributed by atoms with Gasteiger partial charge in [-0.25, -0.2) is 9.97 Å². The van der Waals surface area contributed by atoms with Crippen molar-refractivity contribution in [3.05, 3.63) is 41.1 Å². The summed E-state index contributed by atoms with van der Waals surface area (Å²) in [6, 6.07) is 8.31. The topological polar surface area (TPSA) is 37.8 Å². The molecule has 1 N–H and O–H groups in total. The highest BCUT2D eigenvalue weighted by molar-refractivity contribution is 5.68. The molecule has 0 radical (unpaired) electrons. The summed E-state index contributed by atoms with van der Waals surface area (Å²) in [5, 5.41) is 2.99. The van der Waals surface area contributed by atoms with Crippen molar-refractivity contribution in [1.82, 2.24) is 9.97 Å². The van der Waals surface area contributed by atoms with E-state index in [-0.39, 0.29) is 0 Å². The zero-order valence-electron chi connectivity index (χ0n) is 10.7. The van der Waals surface area contributed by atoms with E-state index in [2.05, 4.69) is 47.3 Å². The Morgan fingerprint density at radius 1 is 1.00 bits per heavy atom. The third-order valence-corrected chi connectivity index (χ3v) is 2.82. The first-order valence-corrected chi connectivity index (χ1v) is 5.72. The van der Waals surface area contributed by atoms with Crippen molar-refractivity contribution in [2.75, 3.05) is 12.4 Å². The standard InChI is InChI=1S/C14H17N3/c1-9-6-5-7-10(2)13(9)12-8-11(3)16-14(15-4)17-12/h5-8H,1-4H3,(H,15,16,17). The molecule has 3 nitrogen and oxygen atoms in total. The first-order chi connectivity index (χ1) is 8.11. The van der Waals surface area contributed by atoms with E-state index in [9.17, 15) is 0 Å². The third kappa shape index (κ3) is 2.28. The maximum Gasteiger partial charge on any atom is 0.223 e. The number of hydrogen-bond acceptors (Lipinski definition) is 3. The van der Waals surface area contributed by atoms with Crippen molar-refractivity contribution in [2.45, 2.75) is 20.8 Å². The molecule has 2 aromatic rings. The van der Waals surface area contributed by atoms with Crippen molar-refractivity contribution in [3.8, 4) is 11.3 Å². The SMILES string of the molecule is CNc1nc(C)cc(-c2c(C)cccc2C)n1. The lowest BCUT2D eigenvalue weighted by Gasteiger charge is -2.10. The van der Waals surface area contributed by atoms with Crippen LogP contribution in [0.2, 0.25) is 0 Å². The summed E-state index contributed by atoms with van der Waals surface area (Å²) in [4.78, 5) is 8.84. The number of rotatable bonds is 2. The minimum Gasteiger partial charge on any atom is -0.357 e. The Bertz CT molecular complexity index is 527. The quantitative estimate of drug-likeness (QED) is 0.856. The van der Waals surface area contributed by atoms with E-state index in [0.717, 1.165) is 11.4 Å². The predicted octanol–water partition coefficient (Wildman–Crippen LogP) is 3.11. The van der Waals surface area contributed by atoms with Gasteiger partial charge in [-0.2, -0.15) is 0 Å². The molecule has 0 aliphatic rings. The molecule has 0 bridgehead atoms. The van der Waals surface area contributed by atoms with Gasteiger partial charge in [0.1, 0.15) is 0 Å². The second-order valence-corrected chi connectivity index (χ2v) is 4.23. The van der Waals surface area contributed by atoms with E-state index in [1.165, 1.54) is 16.7 Å². The van der Waals surface area contributed by atoms with Crippen LogP contribution in [0.5, 0.6) is 0 Å². The smallest absolute Gasteiger partial charge is 0.223 e. The molecule has 0 unspecified atom stereocenters. The molecule has 0 spiro atoms. The number of nitrogens with zero attached hydrogens (tertiary/aromatic N) is 2. The van der Waals surface area contributed by atoms with Crippen LogP contribution in [-0.2, 0) is 0 Å². The summed E-state index contributed by atoms with van der Waals surface area (Å²) < 4.78 is 0. The van der Waals surface area contributed by atoms with E-state index in [1.807, 2.05) is 20.0 Å². The molecule has 0 saturated carbocycles. The highest BCUT2D eigenvalue weighted by Gasteiger charge is 2.08. The van der Waals surface area contributed by atoms with Crippen LogP contribution in [0.3, 0.4) is 0 Å². The summed E-state index contributed by atoms with van der Waals surface area (Å²) in [6.45, 7) is 6.21. The Balaban J connectivity index is 2.64. The lowest BCUT2D eigenvalue weighted by atomic mass is 9.99. The van der Waals surface area contributed by atoms with Crippen LogP contribution >= 0.6 is 0 Å². The van der Waals surface area contributed by atoms with Gasteiger partial charge < -0.3 is 5.32 Å². The molecule has 1 aromatic heterocycles. The van der Waals surface area contributed by atoms with Crippen molar-refractivity contribution in [2.24, 2.45) is 0 Å². The minimum absolute atomic E-state index is 0.669. The number of aryl methyl sites for hydroxylation is 3. The van der Waals surface area contributed by atoms with Gasteiger partial charge in [0.15, 0.2) is 0 Å². The molecule has 0 saturated heterocycles. The lowest BCUT2D eigenvalue weighted by molar-refractivity contribution is 1.09. The van der Waals surface area contributed by atoms with Gasteiger partial charge in [0.05, 0.1) is 5.69 Å². The fourth-order valence-electron chi connectivity index (χ4n) is 2.03. The number of nitrogens with one attached hydrogen (secondary N) is 1. The van der Waals surface area contributed by atoms with Gasteiger partial charge >= 0.3 is 0 Å². The normalized spacial score (nSPS) is 10.4. The summed E-state index contributed by atoms with van der Waals surface area (Å²) in [7, 11) is 1.84. The molecule has 0 aliphatic carbocycles. The molecule has 0 atom stereocenters. The molecular weight excluding hydrogens is 210 g/mol. The highest BCUT2D eigenvalue weighted by Crippen LogP contribution is 2.26. The van der Waals surface area contributed by atoms with Gasteiger partial charge in [-0.3, -0.25) is 0 Å². The maximum atomic E-state index is 4.52. The largest absolute Gasteiger partial charge is 0.357 e. The Kier molecular flexibility index (Phi) is 3.09. The van der Waals surface area contributed by atoms with Crippen LogP contribution in [0, 0.1) is 20.8 Å². The van der Waals surface area contributed by atoms with E-state index >= 15 is 0 Å². The van der Waals surface area contributed by atoms with Gasteiger partial charge in [0.25, 0.3) is 0 Å². The zero-order chi connectivity index (χ0) is 12.4. The monoisotopic (exact) mass is 227 g/mol. The van der Waals surface area contributed by atoms with Crippen LogP contribution in [0.15, 0.2) is 24.3 Å². The maximum absolute atomic E-state index is 4.52. The fourth-order valence-corrected chi connectivity index (χ4v) is 2.03. The second kappa shape index (κ2) is 4.53. The van der Waals surface area contributed by atoms with Crippen LogP contribution in [0.25, 0.3) is 11.3 Å². The van der Waals surface area contributed by atoms with Crippen LogP contribution in [0.4, 0.5) is 5.95 Å². The Hall–Kier alpha value is -1.90. The molecule has 3 heteroatoms. The number of hydrogen-bond donors (Lipinski definition) is 1. The van der Waals surface area contributed by atoms with Crippen molar-refractivity contribution < 1.29 is 0 Å². The highest BCUT2D eigenvalue weighted by atomic mass is 15.1. The van der Waals surface area contributed by atoms with Crippen molar-refractivity contribution in [1.29, 1.82) is 0 Å². The van der Waals surface area contributed by atoms with Crippen molar-refractivity contribution >= 4 is 5.95 Å². The molecule has 17 heavy (non-hydrogen) atoms. The Morgan fingerprint density at radius 2 is 1.65 bits per heavy atom. The fraction of sp³-hybridized carbons (Fsp3) is 0.286. The Morgan fingerprint density at radius 3 is 2.24 bits per heavy atom. The van der Waals surface area contributed by atoms with Gasteiger partial charge in [-0.1, -0.05) is 18.2 Å². The van der Waals surface area contributed by atoms with Gasteiger partial charge in [-0.05, 0) is 38.0 Å². The average molecular weight is 227 g/mol. The van der Waals surface area contributed by atoms with Crippen LogP contribution in [-0.4, -0.2) is 17.0 Å². The van der Waals surface area contributed by atoms with Gasteiger partial charge in [0.2, 0.25) is 5.95 Å². The van der Waals surface area contributed by atoms with Gasteiger partial charge in [-0.15, -0.1) is 0 Å². The molecule has 1 heterocycles. The van der Waals surface area contributed by atoms with E-state index in [0.29, 0.717) is 5.95 Å². The number of anilines is 1. The van der Waals surface area contributed by atoms with Crippen molar-refractivity contribution in [3.63, 3.8) is 0 Å². The van der Waals surface area contributed by atoms with Gasteiger partial charge in [0, 0.05) is 18.3 Å². The molecule has 1 aromatic carbocycles. The third-order valence-electron chi connectivity index (χ3n) is 2.82. The van der Waals surface area contributed by atoms with Crippen LogP contribution in [0.1, 0.15) is 16.8 Å². The molecule has 2 rings (SSSR count). The summed E-state index contributed by atoms with van der Waals surface area (Å²) >= 11 is 0. The summed E-state index contributed by atoms with van der Waals surface area (Å²) in [5.74, 6) is 0.669. The van der Waals surface area contributed by atoms with E-state index in [1.54, 1.807) is 0 Å². The second-order valence-electron chi connectivity index (χ2n) is 4.23. The number of aromatic nitrogens is 2. The van der Waals surface area contributed by atoms with E-state index in [4.69, 9.17) is 0 Å². The minimum atomic E-state index is 0.669. The predicted molar refractivity (Wildman–Crippen MR) is 71.2 cm³/mol. The van der Waals surface area contributed by atoms with E-state index < -0.39 is 0 Å². The lowest BCUT2D eigenvalue weighted by Crippen LogP contribution is -2.00. The van der Waals surface area contributed by atoms with Crippen LogP contribution < -0.4 is 5.32 Å². The molecule has 0 fully saturated rings. The summed E-state index contributed by atoms with van der Waals surface area (Å²) in [6.07, 6.45) is 0. The molecule has 88 valence electrons. The summed E-state index contributed by atoms with van der Waals surface area (Å²) in [5.41, 5.74) is 5.64.